The number of pyridine rings is 1. The molecule has 0 aliphatic carbocycles. The molecule has 2 aromatic carbocycles. The van der Waals surface area contributed by atoms with E-state index in [9.17, 15) is 9.59 Å². The Bertz CT molecular complexity index is 1520. The zero-order valence-electron chi connectivity index (χ0n) is 20.4. The van der Waals surface area contributed by atoms with Gasteiger partial charge in [0, 0.05) is 25.2 Å². The predicted octanol–water partition coefficient (Wildman–Crippen LogP) is 7.05. The van der Waals surface area contributed by atoms with Gasteiger partial charge in [0.2, 0.25) is 0 Å². The number of thiophene rings is 1. The second-order valence-electron chi connectivity index (χ2n) is 9.29. The Labute approximate surface area is 219 Å². The third-order valence-electron chi connectivity index (χ3n) is 7.00. The van der Waals surface area contributed by atoms with Crippen molar-refractivity contribution < 1.29 is 14.3 Å². The number of ketones is 1. The largest absolute Gasteiger partial charge is 0.457 e. The molecule has 1 N–H and O–H groups in total. The number of aromatic nitrogens is 1. The van der Waals surface area contributed by atoms with Crippen LogP contribution in [-0.2, 0) is 4.79 Å². The maximum absolute atomic E-state index is 13.5. The van der Waals surface area contributed by atoms with Crippen molar-refractivity contribution in [1.82, 2.24) is 4.98 Å². The SMILES string of the molecule is C=CC(=O)C1CCN(c2sc3nccc4c3c2NC(=O)N4c2ccc(Oc3ccccc3)cc2C)CC1. The van der Waals surface area contributed by atoms with Crippen molar-refractivity contribution >= 4 is 55.4 Å². The first-order valence-corrected chi connectivity index (χ1v) is 13.1. The second kappa shape index (κ2) is 9.37. The Morgan fingerprint density at radius 2 is 1.89 bits per heavy atom. The molecule has 8 heteroatoms. The highest BCUT2D eigenvalue weighted by Crippen LogP contribution is 2.50. The molecular weight excluding hydrogens is 484 g/mol. The van der Waals surface area contributed by atoms with E-state index in [-0.39, 0.29) is 17.7 Å². The third kappa shape index (κ3) is 4.13. The fraction of sp³-hybridized carbons (Fsp3) is 0.207. The number of amides is 2. The molecule has 6 rings (SSSR count). The number of piperidine rings is 1. The fourth-order valence-corrected chi connectivity index (χ4v) is 6.30. The minimum absolute atomic E-state index is 0.0232. The van der Waals surface area contributed by atoms with Gasteiger partial charge in [0.05, 0.1) is 22.4 Å². The number of para-hydroxylation sites is 1. The smallest absolute Gasteiger partial charge is 0.331 e. The zero-order chi connectivity index (χ0) is 25.5. The van der Waals surface area contributed by atoms with Crippen LogP contribution in [0.25, 0.3) is 10.2 Å². The van der Waals surface area contributed by atoms with Crippen LogP contribution in [0.2, 0.25) is 0 Å². The van der Waals surface area contributed by atoms with Crippen LogP contribution < -0.4 is 19.9 Å². The average Bonchev–Trinajstić information content (AvgIpc) is 3.29. The number of benzene rings is 2. The average molecular weight is 511 g/mol. The van der Waals surface area contributed by atoms with Gasteiger partial charge in [-0.15, -0.1) is 0 Å². The van der Waals surface area contributed by atoms with E-state index in [1.165, 1.54) is 6.08 Å². The number of anilines is 4. The van der Waals surface area contributed by atoms with E-state index >= 15 is 0 Å². The Hall–Kier alpha value is -4.17. The first-order chi connectivity index (χ1) is 18.0. The van der Waals surface area contributed by atoms with Gasteiger partial charge in [0.15, 0.2) is 5.78 Å². The lowest BCUT2D eigenvalue weighted by molar-refractivity contribution is -0.118. The topological polar surface area (TPSA) is 74.8 Å². The van der Waals surface area contributed by atoms with Crippen LogP contribution in [-0.4, -0.2) is 29.9 Å². The number of hydrogen-bond acceptors (Lipinski definition) is 6. The highest BCUT2D eigenvalue weighted by Gasteiger charge is 2.34. The van der Waals surface area contributed by atoms with Crippen LogP contribution in [0.3, 0.4) is 0 Å². The molecule has 2 amide bonds. The number of hydrogen-bond donors (Lipinski definition) is 1. The van der Waals surface area contributed by atoms with Gasteiger partial charge in [-0.2, -0.15) is 0 Å². The highest BCUT2D eigenvalue weighted by molar-refractivity contribution is 7.23. The second-order valence-corrected chi connectivity index (χ2v) is 10.3. The van der Waals surface area contributed by atoms with E-state index in [1.54, 1.807) is 22.4 Å². The summed E-state index contributed by atoms with van der Waals surface area (Å²) in [6, 6.07) is 17.0. The number of allylic oxidation sites excluding steroid dienone is 1. The molecule has 2 aromatic heterocycles. The molecule has 37 heavy (non-hydrogen) atoms. The van der Waals surface area contributed by atoms with Crippen molar-refractivity contribution in [3.05, 3.63) is 79.0 Å². The van der Waals surface area contributed by atoms with Crippen LogP contribution >= 0.6 is 11.3 Å². The molecule has 0 spiro atoms. The van der Waals surface area contributed by atoms with Crippen LogP contribution in [0.4, 0.5) is 26.9 Å². The number of carbonyl (C=O) groups is 2. The van der Waals surface area contributed by atoms with E-state index in [0.29, 0.717) is 5.75 Å². The summed E-state index contributed by atoms with van der Waals surface area (Å²) in [4.78, 5) is 35.1. The Balaban J connectivity index is 1.33. The molecule has 7 nitrogen and oxygen atoms in total. The van der Waals surface area contributed by atoms with Crippen LogP contribution in [0.15, 0.2) is 73.4 Å². The molecule has 2 aliphatic rings. The lowest BCUT2D eigenvalue weighted by Gasteiger charge is -2.34. The quantitative estimate of drug-likeness (QED) is 0.281. The van der Waals surface area contributed by atoms with E-state index in [0.717, 1.165) is 69.5 Å². The molecule has 0 saturated carbocycles. The number of carbonyl (C=O) groups excluding carboxylic acids is 2. The number of urea groups is 1. The molecule has 0 radical (unpaired) electrons. The van der Waals surface area contributed by atoms with Crippen molar-refractivity contribution in [3.8, 4) is 11.5 Å². The molecule has 4 aromatic rings. The van der Waals surface area contributed by atoms with Gasteiger partial charge < -0.3 is 15.0 Å². The lowest BCUT2D eigenvalue weighted by atomic mass is 9.92. The Kier molecular flexibility index (Phi) is 5.88. The molecule has 1 saturated heterocycles. The van der Waals surface area contributed by atoms with Gasteiger partial charge in [-0.05, 0) is 67.8 Å². The lowest BCUT2D eigenvalue weighted by Crippen LogP contribution is -2.37. The molecule has 2 aliphatic heterocycles. The molecular formula is C29H26N4O3S. The van der Waals surface area contributed by atoms with Gasteiger partial charge in [-0.3, -0.25) is 9.69 Å². The first kappa shape index (κ1) is 23.2. The molecule has 4 heterocycles. The Morgan fingerprint density at radius 3 is 2.62 bits per heavy atom. The van der Waals surface area contributed by atoms with Crippen LogP contribution in [0, 0.1) is 12.8 Å². The minimum Gasteiger partial charge on any atom is -0.457 e. The van der Waals surface area contributed by atoms with Crippen molar-refractivity contribution in [1.29, 1.82) is 0 Å². The molecule has 0 bridgehead atoms. The standard InChI is InChI=1S/C29H26N4O3S/c1-3-24(34)19-12-15-32(16-13-19)28-26-25-23(11-14-30-27(25)37-28)33(29(35)31-26)22-10-9-21(17-18(22)2)36-20-7-5-4-6-8-20/h3-11,14,17,19H,1,12-13,15-16H2,2H3,(H,31,35). The summed E-state index contributed by atoms with van der Waals surface area (Å²) in [5, 5.41) is 5.08. The van der Waals surface area contributed by atoms with Crippen molar-refractivity contribution in [2.45, 2.75) is 19.8 Å². The molecule has 1 fully saturated rings. The zero-order valence-corrected chi connectivity index (χ0v) is 21.3. The molecule has 186 valence electrons. The summed E-state index contributed by atoms with van der Waals surface area (Å²) in [6.07, 6.45) is 4.73. The van der Waals surface area contributed by atoms with E-state index in [1.807, 2.05) is 61.5 Å². The molecule has 0 atom stereocenters. The first-order valence-electron chi connectivity index (χ1n) is 12.3. The van der Waals surface area contributed by atoms with Gasteiger partial charge in [-0.1, -0.05) is 36.1 Å². The summed E-state index contributed by atoms with van der Waals surface area (Å²) in [5.74, 6) is 1.60. The van der Waals surface area contributed by atoms with Crippen LogP contribution in [0.1, 0.15) is 18.4 Å². The Morgan fingerprint density at radius 1 is 1.11 bits per heavy atom. The minimum atomic E-state index is -0.212. The number of nitrogens with one attached hydrogen (secondary N) is 1. The number of ether oxygens (including phenoxy) is 1. The van der Waals surface area contributed by atoms with Crippen molar-refractivity contribution in [3.63, 3.8) is 0 Å². The van der Waals surface area contributed by atoms with Crippen LogP contribution in [0.5, 0.6) is 11.5 Å². The van der Waals surface area contributed by atoms with E-state index in [2.05, 4.69) is 21.8 Å². The molecule has 0 unspecified atom stereocenters. The number of nitrogens with zero attached hydrogens (tertiary/aromatic N) is 3. The maximum atomic E-state index is 13.5. The van der Waals surface area contributed by atoms with Gasteiger partial charge in [0.25, 0.3) is 0 Å². The van der Waals surface area contributed by atoms with Crippen molar-refractivity contribution in [2.75, 3.05) is 28.2 Å². The maximum Gasteiger partial charge on any atom is 0.331 e. The van der Waals surface area contributed by atoms with Gasteiger partial charge >= 0.3 is 6.03 Å². The summed E-state index contributed by atoms with van der Waals surface area (Å²) in [6.45, 7) is 7.10. The number of aryl methyl sites for hydroxylation is 1. The summed E-state index contributed by atoms with van der Waals surface area (Å²) in [7, 11) is 0. The monoisotopic (exact) mass is 510 g/mol. The summed E-state index contributed by atoms with van der Waals surface area (Å²) < 4.78 is 5.98. The summed E-state index contributed by atoms with van der Waals surface area (Å²) in [5.41, 5.74) is 3.32. The van der Waals surface area contributed by atoms with E-state index in [4.69, 9.17) is 4.74 Å². The van der Waals surface area contributed by atoms with E-state index < -0.39 is 0 Å². The van der Waals surface area contributed by atoms with Gasteiger partial charge in [-0.25, -0.2) is 9.78 Å². The summed E-state index contributed by atoms with van der Waals surface area (Å²) >= 11 is 1.58. The van der Waals surface area contributed by atoms with Crippen molar-refractivity contribution in [2.24, 2.45) is 5.92 Å². The highest BCUT2D eigenvalue weighted by atomic mass is 32.1. The normalized spacial score (nSPS) is 15.5. The fourth-order valence-electron chi connectivity index (χ4n) is 5.13. The predicted molar refractivity (Wildman–Crippen MR) is 149 cm³/mol. The number of rotatable bonds is 6. The van der Waals surface area contributed by atoms with Gasteiger partial charge in [0.1, 0.15) is 21.3 Å². The third-order valence-corrected chi connectivity index (χ3v) is 8.16.